The van der Waals surface area contributed by atoms with Crippen LogP contribution in [-0.4, -0.2) is 29.0 Å². The molecule has 0 unspecified atom stereocenters. The molecule has 0 bridgehead atoms. The lowest BCUT2D eigenvalue weighted by atomic mass is 10.1. The first-order valence-corrected chi connectivity index (χ1v) is 9.49. The standard InChI is InChI=1S/C22H24O7/c1-3-4-5-6-9-28-22-19(27-2)12-18-20(21(22)26)16(25)11-17(29-18)13-7-8-14(23)15(24)10-13/h7-8,10-12,23-24,26H,3-6,9H2,1-2H3. The maximum absolute atomic E-state index is 12.7. The van der Waals surface area contributed by atoms with Crippen LogP contribution in [0.2, 0.25) is 0 Å². The zero-order valence-electron chi connectivity index (χ0n) is 16.4. The molecule has 7 heteroatoms. The van der Waals surface area contributed by atoms with E-state index in [-0.39, 0.29) is 45.5 Å². The monoisotopic (exact) mass is 400 g/mol. The first-order valence-electron chi connectivity index (χ1n) is 9.49. The predicted octanol–water partition coefficient (Wildman–Crippen LogP) is 4.54. The van der Waals surface area contributed by atoms with Crippen LogP contribution >= 0.6 is 0 Å². The van der Waals surface area contributed by atoms with Gasteiger partial charge in [0.15, 0.2) is 28.4 Å². The van der Waals surface area contributed by atoms with Gasteiger partial charge in [0.05, 0.1) is 13.7 Å². The Morgan fingerprint density at radius 3 is 2.48 bits per heavy atom. The van der Waals surface area contributed by atoms with E-state index in [2.05, 4.69) is 6.92 Å². The molecule has 0 aliphatic carbocycles. The van der Waals surface area contributed by atoms with E-state index in [4.69, 9.17) is 13.9 Å². The molecule has 3 aromatic rings. The second-order valence-electron chi connectivity index (χ2n) is 6.72. The first kappa shape index (κ1) is 20.4. The van der Waals surface area contributed by atoms with Gasteiger partial charge in [0.1, 0.15) is 16.7 Å². The highest BCUT2D eigenvalue weighted by Crippen LogP contribution is 2.42. The van der Waals surface area contributed by atoms with Gasteiger partial charge in [-0.1, -0.05) is 26.2 Å². The number of benzene rings is 2. The molecule has 1 aromatic heterocycles. The van der Waals surface area contributed by atoms with Crippen molar-refractivity contribution >= 4 is 11.0 Å². The predicted molar refractivity (Wildman–Crippen MR) is 109 cm³/mol. The third-order valence-corrected chi connectivity index (χ3v) is 4.64. The zero-order valence-corrected chi connectivity index (χ0v) is 16.4. The fourth-order valence-electron chi connectivity index (χ4n) is 3.07. The molecule has 0 saturated carbocycles. The third-order valence-electron chi connectivity index (χ3n) is 4.64. The van der Waals surface area contributed by atoms with Crippen LogP contribution in [0.25, 0.3) is 22.3 Å². The Hall–Kier alpha value is -3.35. The van der Waals surface area contributed by atoms with Crippen LogP contribution in [0.1, 0.15) is 32.6 Å². The molecule has 154 valence electrons. The minimum absolute atomic E-state index is 0.0129. The Morgan fingerprint density at radius 2 is 1.79 bits per heavy atom. The molecule has 0 amide bonds. The van der Waals surface area contributed by atoms with Crippen molar-refractivity contribution in [3.8, 4) is 40.1 Å². The number of methoxy groups -OCH3 is 1. The van der Waals surface area contributed by atoms with E-state index in [0.717, 1.165) is 25.7 Å². The highest BCUT2D eigenvalue weighted by Gasteiger charge is 2.20. The summed E-state index contributed by atoms with van der Waals surface area (Å²) in [5, 5.41) is 29.8. The molecule has 0 saturated heterocycles. The number of fused-ring (bicyclic) bond motifs is 1. The van der Waals surface area contributed by atoms with E-state index in [1.807, 2.05) is 0 Å². The van der Waals surface area contributed by atoms with Crippen molar-refractivity contribution in [2.45, 2.75) is 32.6 Å². The highest BCUT2D eigenvalue weighted by molar-refractivity contribution is 5.89. The molecule has 29 heavy (non-hydrogen) atoms. The number of rotatable bonds is 8. The van der Waals surface area contributed by atoms with Crippen LogP contribution in [0.15, 0.2) is 39.5 Å². The Labute approximate surface area is 167 Å². The number of hydrogen-bond acceptors (Lipinski definition) is 7. The number of unbranched alkanes of at least 4 members (excludes halogenated alkanes) is 3. The quantitative estimate of drug-likeness (QED) is 0.376. The van der Waals surface area contributed by atoms with Crippen LogP contribution in [0.5, 0.6) is 28.7 Å². The third kappa shape index (κ3) is 4.23. The zero-order chi connectivity index (χ0) is 21.0. The van der Waals surface area contributed by atoms with Crippen molar-refractivity contribution in [3.63, 3.8) is 0 Å². The van der Waals surface area contributed by atoms with Crippen molar-refractivity contribution in [2.75, 3.05) is 13.7 Å². The Bertz CT molecular complexity index is 1070. The molecule has 7 nitrogen and oxygen atoms in total. The molecule has 0 radical (unpaired) electrons. The largest absolute Gasteiger partial charge is 0.504 e. The summed E-state index contributed by atoms with van der Waals surface area (Å²) >= 11 is 0. The minimum Gasteiger partial charge on any atom is -0.504 e. The van der Waals surface area contributed by atoms with Gasteiger partial charge in [0.2, 0.25) is 5.75 Å². The maximum atomic E-state index is 12.7. The summed E-state index contributed by atoms with van der Waals surface area (Å²) in [5.74, 6) is -0.413. The summed E-state index contributed by atoms with van der Waals surface area (Å²) in [4.78, 5) is 12.7. The SMILES string of the molecule is CCCCCCOc1c(OC)cc2oc(-c3ccc(O)c(O)c3)cc(=O)c2c1O. The summed E-state index contributed by atoms with van der Waals surface area (Å²) in [6.07, 6.45) is 4.04. The molecule has 0 aliphatic rings. The molecule has 0 atom stereocenters. The van der Waals surface area contributed by atoms with Gasteiger partial charge in [0, 0.05) is 17.7 Å². The van der Waals surface area contributed by atoms with Crippen LogP contribution in [0.3, 0.4) is 0 Å². The lowest BCUT2D eigenvalue weighted by Gasteiger charge is -2.14. The molecule has 0 spiro atoms. The van der Waals surface area contributed by atoms with Gasteiger partial charge in [0.25, 0.3) is 0 Å². The molecular formula is C22H24O7. The van der Waals surface area contributed by atoms with Crippen LogP contribution in [0, 0.1) is 0 Å². The van der Waals surface area contributed by atoms with E-state index in [1.54, 1.807) is 0 Å². The summed E-state index contributed by atoms with van der Waals surface area (Å²) < 4.78 is 16.8. The van der Waals surface area contributed by atoms with E-state index in [1.165, 1.54) is 37.4 Å². The van der Waals surface area contributed by atoms with E-state index in [9.17, 15) is 20.1 Å². The minimum atomic E-state index is -0.468. The summed E-state index contributed by atoms with van der Waals surface area (Å²) in [5.41, 5.74) is 0.0477. The second-order valence-corrected chi connectivity index (χ2v) is 6.72. The number of ether oxygens (including phenoxy) is 2. The van der Waals surface area contributed by atoms with Gasteiger partial charge in [-0.25, -0.2) is 0 Å². The van der Waals surface area contributed by atoms with Gasteiger partial charge in [-0.2, -0.15) is 0 Å². The topological polar surface area (TPSA) is 109 Å². The molecule has 3 rings (SSSR count). The second kappa shape index (κ2) is 8.77. The van der Waals surface area contributed by atoms with Gasteiger partial charge >= 0.3 is 0 Å². The van der Waals surface area contributed by atoms with E-state index in [0.29, 0.717) is 12.2 Å². The smallest absolute Gasteiger partial charge is 0.204 e. The van der Waals surface area contributed by atoms with E-state index >= 15 is 0 Å². The molecule has 3 N–H and O–H groups in total. The molecule has 0 aliphatic heterocycles. The fraction of sp³-hybridized carbons (Fsp3) is 0.318. The van der Waals surface area contributed by atoms with Crippen molar-refractivity contribution in [1.82, 2.24) is 0 Å². The van der Waals surface area contributed by atoms with Crippen LogP contribution in [0.4, 0.5) is 0 Å². The molecule has 2 aromatic carbocycles. The average molecular weight is 400 g/mol. The number of phenols is 3. The Balaban J connectivity index is 2.02. The van der Waals surface area contributed by atoms with Gasteiger partial charge in [-0.05, 0) is 24.6 Å². The Kier molecular flexibility index (Phi) is 6.16. The van der Waals surface area contributed by atoms with Crippen molar-refractivity contribution in [3.05, 3.63) is 40.6 Å². The Morgan fingerprint density at radius 1 is 1.00 bits per heavy atom. The lowest BCUT2D eigenvalue weighted by molar-refractivity contribution is 0.272. The summed E-state index contributed by atoms with van der Waals surface area (Å²) in [6.45, 7) is 2.51. The molecular weight excluding hydrogens is 376 g/mol. The number of phenolic OH excluding ortho intramolecular Hbond substituents is 3. The van der Waals surface area contributed by atoms with Crippen molar-refractivity contribution in [2.24, 2.45) is 0 Å². The summed E-state index contributed by atoms with van der Waals surface area (Å²) in [7, 11) is 1.44. The lowest BCUT2D eigenvalue weighted by Crippen LogP contribution is -2.05. The fourth-order valence-corrected chi connectivity index (χ4v) is 3.07. The first-order chi connectivity index (χ1) is 14.0. The van der Waals surface area contributed by atoms with Gasteiger partial charge in [-0.3, -0.25) is 4.79 Å². The van der Waals surface area contributed by atoms with Crippen molar-refractivity contribution < 1.29 is 29.2 Å². The van der Waals surface area contributed by atoms with Gasteiger partial charge < -0.3 is 29.2 Å². The number of hydrogen-bond donors (Lipinski definition) is 3. The van der Waals surface area contributed by atoms with Crippen LogP contribution < -0.4 is 14.9 Å². The highest BCUT2D eigenvalue weighted by atomic mass is 16.5. The normalized spacial score (nSPS) is 11.0. The van der Waals surface area contributed by atoms with Crippen molar-refractivity contribution in [1.29, 1.82) is 0 Å². The number of aromatic hydroxyl groups is 3. The summed E-state index contributed by atoms with van der Waals surface area (Å²) in [6, 6.07) is 6.78. The maximum Gasteiger partial charge on any atom is 0.204 e. The molecule has 0 fully saturated rings. The van der Waals surface area contributed by atoms with Crippen LogP contribution in [-0.2, 0) is 0 Å². The average Bonchev–Trinajstić information content (AvgIpc) is 2.70. The van der Waals surface area contributed by atoms with E-state index < -0.39 is 5.43 Å². The molecule has 1 heterocycles. The van der Waals surface area contributed by atoms with Gasteiger partial charge in [-0.15, -0.1) is 0 Å².